The van der Waals surface area contributed by atoms with Gasteiger partial charge in [0.2, 0.25) is 0 Å². The van der Waals surface area contributed by atoms with Crippen molar-refractivity contribution in [3.8, 4) is 44.5 Å². The van der Waals surface area contributed by atoms with E-state index in [2.05, 4.69) is 301 Å². The average molecular weight is 1200 g/mol. The summed E-state index contributed by atoms with van der Waals surface area (Å²) in [6.45, 7) is 12.4. The van der Waals surface area contributed by atoms with Gasteiger partial charge in [-0.1, -0.05) is 281 Å². The topological polar surface area (TPSA) is 0 Å². The fourth-order valence-electron chi connectivity index (χ4n) is 13.8. The third-order valence-corrected chi connectivity index (χ3v) is 18.3. The van der Waals surface area contributed by atoms with Crippen LogP contribution in [0.15, 0.2) is 267 Å². The molecule has 0 aliphatic heterocycles. The van der Waals surface area contributed by atoms with Crippen LogP contribution in [0, 0.1) is 14.9 Å². The molecule has 2 radical (unpaired) electrons. The van der Waals surface area contributed by atoms with Crippen molar-refractivity contribution >= 4 is 115 Å². The second-order valence-electron chi connectivity index (χ2n) is 22.9. The van der Waals surface area contributed by atoms with E-state index in [0.717, 1.165) is 12.8 Å². The van der Waals surface area contributed by atoms with Gasteiger partial charge in [0.15, 0.2) is 0 Å². The molecule has 16 rings (SSSR count). The van der Waals surface area contributed by atoms with Crippen LogP contribution < -0.4 is 0 Å². The molecule has 0 aromatic heterocycles. The van der Waals surface area contributed by atoms with E-state index in [-0.39, 0.29) is 14.9 Å². The molecule has 2 atom stereocenters. The van der Waals surface area contributed by atoms with Gasteiger partial charge in [-0.05, 0) is 145 Å². The van der Waals surface area contributed by atoms with Crippen LogP contribution in [0.25, 0.3) is 152 Å². The summed E-state index contributed by atoms with van der Waals surface area (Å²) < 4.78 is 0. The molecular formula is C84H68SiZr-4. The SMILES string of the molecule is CCC(C)c1cc2c(-c3c4ccccc4cc4ccccc34)ccc(-c3c4ccccc4cc4ccccc34)c2[cH-]1.CCC(C)c1cc2c(-c3c4ccccc4cc4ccccc34)ccc(-c3c4ccccc4cc4ccccc34)c2[cH-]1.[CH3-].[CH3-].[Si]=[Zr]. The fraction of sp³-hybridized carbons (Fsp3) is 0.0952. The van der Waals surface area contributed by atoms with Crippen LogP contribution in [0.4, 0.5) is 0 Å². The number of benzene rings is 14. The summed E-state index contributed by atoms with van der Waals surface area (Å²) in [4.78, 5) is 0. The Balaban J connectivity index is 0.000000160. The number of hydrogen-bond donors (Lipinski definition) is 0. The molecule has 16 aromatic carbocycles. The van der Waals surface area contributed by atoms with Gasteiger partial charge in [0.1, 0.15) is 0 Å². The van der Waals surface area contributed by atoms with Crippen LogP contribution in [0.3, 0.4) is 0 Å². The molecule has 2 unspecified atom stereocenters. The number of fused-ring (bicyclic) bond motifs is 10. The zero-order valence-corrected chi connectivity index (χ0v) is 53.4. The molecule has 16 aromatic rings. The predicted molar refractivity (Wildman–Crippen MR) is 377 cm³/mol. The molecule has 0 N–H and O–H groups in total. The van der Waals surface area contributed by atoms with E-state index >= 15 is 0 Å². The summed E-state index contributed by atoms with van der Waals surface area (Å²) in [5.41, 5.74) is 13.4. The van der Waals surface area contributed by atoms with Crippen LogP contribution in [-0.2, 0) is 23.3 Å². The molecule has 0 amide bonds. The van der Waals surface area contributed by atoms with Gasteiger partial charge in [0.05, 0.1) is 0 Å². The fourth-order valence-corrected chi connectivity index (χ4v) is 13.8. The first-order chi connectivity index (χ1) is 41.4. The minimum absolute atomic E-state index is 0. The van der Waals surface area contributed by atoms with E-state index in [4.69, 9.17) is 0 Å². The molecule has 0 saturated heterocycles. The third-order valence-electron chi connectivity index (χ3n) is 18.3. The second kappa shape index (κ2) is 24.5. The second-order valence-corrected chi connectivity index (χ2v) is 22.9. The van der Waals surface area contributed by atoms with Gasteiger partial charge < -0.3 is 14.9 Å². The molecule has 0 saturated carbocycles. The molecule has 2 heteroatoms. The molecule has 416 valence electrons. The predicted octanol–water partition coefficient (Wildman–Crippen LogP) is 24.6. The maximum atomic E-state index is 3.06. The van der Waals surface area contributed by atoms with Gasteiger partial charge in [-0.15, -0.1) is 44.8 Å². The monoisotopic (exact) mass is 1190 g/mol. The van der Waals surface area contributed by atoms with E-state index in [1.807, 2.05) is 0 Å². The van der Waals surface area contributed by atoms with E-state index in [1.54, 1.807) is 0 Å². The summed E-state index contributed by atoms with van der Waals surface area (Å²) in [7, 11) is 0. The summed E-state index contributed by atoms with van der Waals surface area (Å²) in [5.74, 6) is 0.994. The van der Waals surface area contributed by atoms with Crippen LogP contribution in [-0.4, -0.2) is 6.88 Å². The molecule has 0 nitrogen and oxygen atoms in total. The van der Waals surface area contributed by atoms with Crippen molar-refractivity contribution in [3.05, 3.63) is 293 Å². The van der Waals surface area contributed by atoms with Crippen molar-refractivity contribution in [2.45, 2.75) is 52.4 Å². The zero-order chi connectivity index (χ0) is 57.0. The van der Waals surface area contributed by atoms with E-state index in [0.29, 0.717) is 11.8 Å². The standard InChI is InChI=1S/2C41H31.2CH3.Si.Zr/c2*1-3-26(2)31-24-38-36(40-32-16-8-4-12-27(32)22-28-13-5-9-17-33(28)40)20-21-37(39(38)25-31)41-34-18-10-6-14-29(34)23-30-15-7-11-19-35(30)41;;;;/h2*4-26H,3H2,1-2H3;2*1H3;;/q4*-1;;. The van der Waals surface area contributed by atoms with Gasteiger partial charge in [0, 0.05) is 0 Å². The van der Waals surface area contributed by atoms with Crippen molar-refractivity contribution in [2.24, 2.45) is 0 Å². The van der Waals surface area contributed by atoms with Crippen molar-refractivity contribution in [3.63, 3.8) is 0 Å². The van der Waals surface area contributed by atoms with Crippen molar-refractivity contribution in [1.82, 2.24) is 0 Å². The van der Waals surface area contributed by atoms with Crippen LogP contribution in [0.5, 0.6) is 0 Å². The van der Waals surface area contributed by atoms with Crippen molar-refractivity contribution in [1.29, 1.82) is 0 Å². The Morgan fingerprint density at radius 2 is 0.477 bits per heavy atom. The van der Waals surface area contributed by atoms with Crippen molar-refractivity contribution < 1.29 is 23.3 Å². The zero-order valence-electron chi connectivity index (χ0n) is 50.0. The quantitative estimate of drug-likeness (QED) is 0.0808. The van der Waals surface area contributed by atoms with Crippen LogP contribution in [0.1, 0.15) is 63.5 Å². The number of hydrogen-bond acceptors (Lipinski definition) is 0. The van der Waals surface area contributed by atoms with Crippen molar-refractivity contribution in [2.75, 3.05) is 0 Å². The Morgan fingerprint density at radius 3 is 0.698 bits per heavy atom. The van der Waals surface area contributed by atoms with E-state index < -0.39 is 0 Å². The van der Waals surface area contributed by atoms with Gasteiger partial charge in [-0.3, -0.25) is 0 Å². The molecule has 86 heavy (non-hydrogen) atoms. The van der Waals surface area contributed by atoms with Gasteiger partial charge in [-0.25, -0.2) is 0 Å². The molecule has 0 bridgehead atoms. The first kappa shape index (κ1) is 57.9. The minimum atomic E-state index is 0. The van der Waals surface area contributed by atoms with E-state index in [1.165, 1.54) is 187 Å². The summed E-state index contributed by atoms with van der Waals surface area (Å²) in [5, 5.41) is 26.1. The molecule has 0 spiro atoms. The van der Waals surface area contributed by atoms with Crippen LogP contribution in [0.2, 0.25) is 0 Å². The molecule has 0 heterocycles. The van der Waals surface area contributed by atoms with Gasteiger partial charge >= 0.3 is 30.2 Å². The van der Waals surface area contributed by atoms with Crippen LogP contribution >= 0.6 is 0 Å². The first-order valence-corrected chi connectivity index (χ1v) is 34.0. The summed E-state index contributed by atoms with van der Waals surface area (Å²) >= 11 is 1.36. The summed E-state index contributed by atoms with van der Waals surface area (Å²) in [6, 6.07) is 99.6. The Hall–Kier alpha value is -8.52. The molecule has 0 aliphatic carbocycles. The third kappa shape index (κ3) is 9.92. The Bertz CT molecular complexity index is 4350. The molecule has 0 fully saturated rings. The Morgan fingerprint density at radius 1 is 0.279 bits per heavy atom. The Kier molecular flexibility index (Phi) is 16.5. The number of rotatable bonds is 8. The summed E-state index contributed by atoms with van der Waals surface area (Å²) in [6.07, 6.45) is 2.24. The van der Waals surface area contributed by atoms with Gasteiger partial charge in [-0.2, -0.15) is 12.1 Å². The first-order valence-electron chi connectivity index (χ1n) is 29.8. The van der Waals surface area contributed by atoms with Gasteiger partial charge in [0.25, 0.3) is 0 Å². The van der Waals surface area contributed by atoms with E-state index in [9.17, 15) is 0 Å². The Labute approximate surface area is 523 Å². The molecule has 0 aliphatic rings. The average Bonchev–Trinajstić information content (AvgIpc) is 2.47. The normalized spacial score (nSPS) is 12.1. The molecular weight excluding hydrogens is 1130 g/mol. The maximum absolute atomic E-state index is 3.06.